The monoisotopic (exact) mass is 506 g/mol. The molecule has 1 aromatic rings. The Balaban J connectivity index is 2.78. The van der Waals surface area contributed by atoms with Crippen LogP contribution in [0.2, 0.25) is 0 Å². The summed E-state index contributed by atoms with van der Waals surface area (Å²) in [7, 11) is 0. The van der Waals surface area contributed by atoms with E-state index in [4.69, 9.17) is 22.9 Å². The lowest BCUT2D eigenvalue weighted by Gasteiger charge is -2.22. The zero-order valence-corrected chi connectivity index (χ0v) is 19.8. The number of carboxylic acids is 1. The van der Waals surface area contributed by atoms with E-state index in [-0.39, 0.29) is 38.2 Å². The third-order valence-electron chi connectivity index (χ3n) is 4.96. The molecule has 0 saturated carbocycles. The third-order valence-corrected chi connectivity index (χ3v) is 4.96. The highest BCUT2D eigenvalue weighted by molar-refractivity contribution is 5.92. The number of aliphatic imine (C=N–C) groups is 1. The predicted octanol–water partition coefficient (Wildman–Crippen LogP) is -2.95. The summed E-state index contributed by atoms with van der Waals surface area (Å²) in [6.07, 6.45) is 0.355. The molecule has 1 rings (SSSR count). The van der Waals surface area contributed by atoms with Crippen LogP contribution in [-0.2, 0) is 30.4 Å². The van der Waals surface area contributed by atoms with Gasteiger partial charge < -0.3 is 44.0 Å². The summed E-state index contributed by atoms with van der Waals surface area (Å²) in [6.45, 7) is -0.313. The van der Waals surface area contributed by atoms with Crippen molar-refractivity contribution in [3.05, 3.63) is 35.9 Å². The van der Waals surface area contributed by atoms with Crippen LogP contribution >= 0.6 is 0 Å². The number of nitrogens with one attached hydrogen (secondary N) is 3. The van der Waals surface area contributed by atoms with Crippen molar-refractivity contribution in [3.63, 3.8) is 0 Å². The molecule has 4 amide bonds. The average molecular weight is 507 g/mol. The first-order valence-corrected chi connectivity index (χ1v) is 11.2. The number of nitrogens with two attached hydrogens (primary N) is 4. The Labute approximate surface area is 208 Å². The van der Waals surface area contributed by atoms with Gasteiger partial charge >= 0.3 is 5.97 Å². The van der Waals surface area contributed by atoms with Crippen LogP contribution in [0.15, 0.2) is 35.3 Å². The standard InChI is InChI=1S/C22H34N8O6/c23-14(8-9-17(24)31)19(33)28-12-18(32)29-15(7-4-10-27-22(25)26)20(34)30-16(21(35)36)11-13-5-2-1-3-6-13/h1-3,5-6,14-16H,4,7-12,23H2,(H2,24,31)(H,28,33)(H,29,32)(H,30,34)(H,35,36)(H4,25,26,27). The molecule has 0 aliphatic rings. The van der Waals surface area contributed by atoms with E-state index < -0.39 is 54.3 Å². The summed E-state index contributed by atoms with van der Waals surface area (Å²) in [5, 5.41) is 16.8. The van der Waals surface area contributed by atoms with Crippen molar-refractivity contribution in [2.75, 3.05) is 13.1 Å². The van der Waals surface area contributed by atoms with Gasteiger partial charge in [-0.2, -0.15) is 0 Å². The van der Waals surface area contributed by atoms with Gasteiger partial charge in [0, 0.05) is 19.4 Å². The Morgan fingerprint density at radius 1 is 0.917 bits per heavy atom. The Kier molecular flexibility index (Phi) is 13.0. The minimum absolute atomic E-state index is 0.0105. The molecule has 0 aromatic heterocycles. The Morgan fingerprint density at radius 3 is 2.17 bits per heavy atom. The number of hydrogen-bond donors (Lipinski definition) is 8. The van der Waals surface area contributed by atoms with Crippen LogP contribution in [-0.4, -0.2) is 71.9 Å². The maximum Gasteiger partial charge on any atom is 0.326 e. The SMILES string of the molecule is NC(=O)CCC(N)C(=O)NCC(=O)NC(CCCN=C(N)N)C(=O)NC(Cc1ccccc1)C(=O)O. The van der Waals surface area contributed by atoms with E-state index in [1.807, 2.05) is 0 Å². The zero-order chi connectivity index (χ0) is 27.1. The molecule has 0 radical (unpaired) electrons. The zero-order valence-electron chi connectivity index (χ0n) is 19.8. The lowest BCUT2D eigenvalue weighted by Crippen LogP contribution is -2.54. The second kappa shape index (κ2) is 15.7. The highest BCUT2D eigenvalue weighted by Gasteiger charge is 2.27. The molecule has 0 aliphatic carbocycles. The summed E-state index contributed by atoms with van der Waals surface area (Å²) in [5.74, 6) is -4.09. The normalized spacial score (nSPS) is 12.9. The smallest absolute Gasteiger partial charge is 0.326 e. The molecule has 14 nitrogen and oxygen atoms in total. The van der Waals surface area contributed by atoms with Crippen molar-refractivity contribution >= 4 is 35.6 Å². The molecule has 198 valence electrons. The first-order chi connectivity index (χ1) is 17.0. The Morgan fingerprint density at radius 2 is 1.58 bits per heavy atom. The number of amides is 4. The van der Waals surface area contributed by atoms with Gasteiger partial charge in [0.2, 0.25) is 23.6 Å². The average Bonchev–Trinajstić information content (AvgIpc) is 2.82. The predicted molar refractivity (Wildman–Crippen MR) is 131 cm³/mol. The highest BCUT2D eigenvalue weighted by Crippen LogP contribution is 2.06. The van der Waals surface area contributed by atoms with E-state index >= 15 is 0 Å². The number of nitrogens with zero attached hydrogens (tertiary/aromatic N) is 1. The van der Waals surface area contributed by atoms with Gasteiger partial charge in [-0.15, -0.1) is 0 Å². The number of rotatable bonds is 16. The summed E-state index contributed by atoms with van der Waals surface area (Å²) < 4.78 is 0. The van der Waals surface area contributed by atoms with Crippen LogP contribution in [0.1, 0.15) is 31.2 Å². The lowest BCUT2D eigenvalue weighted by molar-refractivity contribution is -0.142. The number of hydrogen-bond acceptors (Lipinski definition) is 7. The number of carbonyl (C=O) groups excluding carboxylic acids is 4. The van der Waals surface area contributed by atoms with Crippen LogP contribution < -0.4 is 38.9 Å². The first kappa shape index (κ1) is 29.8. The summed E-state index contributed by atoms with van der Waals surface area (Å²) in [5.41, 5.74) is 22.0. The number of guanidine groups is 1. The van der Waals surface area contributed by atoms with Crippen LogP contribution in [0.5, 0.6) is 0 Å². The number of carbonyl (C=O) groups is 5. The van der Waals surface area contributed by atoms with Crippen molar-refractivity contribution in [2.24, 2.45) is 27.9 Å². The highest BCUT2D eigenvalue weighted by atomic mass is 16.4. The fourth-order valence-corrected chi connectivity index (χ4v) is 3.07. The van der Waals surface area contributed by atoms with Crippen molar-refractivity contribution in [3.8, 4) is 0 Å². The molecule has 0 fully saturated rings. The molecule has 14 heteroatoms. The van der Waals surface area contributed by atoms with E-state index in [0.29, 0.717) is 12.0 Å². The van der Waals surface area contributed by atoms with Gasteiger partial charge in [-0.1, -0.05) is 30.3 Å². The van der Waals surface area contributed by atoms with Gasteiger partial charge in [0.25, 0.3) is 0 Å². The van der Waals surface area contributed by atoms with Gasteiger partial charge in [-0.05, 0) is 24.8 Å². The summed E-state index contributed by atoms with van der Waals surface area (Å²) in [4.78, 5) is 63.6. The minimum atomic E-state index is -1.24. The first-order valence-electron chi connectivity index (χ1n) is 11.2. The number of benzene rings is 1. The van der Waals surface area contributed by atoms with Gasteiger partial charge in [-0.25, -0.2) is 4.79 Å². The van der Waals surface area contributed by atoms with Crippen molar-refractivity contribution in [1.29, 1.82) is 0 Å². The molecular formula is C22H34N8O6. The maximum atomic E-state index is 12.9. The van der Waals surface area contributed by atoms with E-state index in [1.165, 1.54) is 0 Å². The molecule has 1 aromatic carbocycles. The molecule has 3 atom stereocenters. The third kappa shape index (κ3) is 12.3. The van der Waals surface area contributed by atoms with Crippen LogP contribution in [0, 0.1) is 0 Å². The lowest BCUT2D eigenvalue weighted by atomic mass is 10.0. The fourth-order valence-electron chi connectivity index (χ4n) is 3.07. The molecule has 0 aliphatic heterocycles. The van der Waals surface area contributed by atoms with Crippen molar-refractivity contribution in [1.82, 2.24) is 16.0 Å². The largest absolute Gasteiger partial charge is 0.480 e. The minimum Gasteiger partial charge on any atom is -0.480 e. The van der Waals surface area contributed by atoms with Crippen LogP contribution in [0.25, 0.3) is 0 Å². The molecule has 0 spiro atoms. The fraction of sp³-hybridized carbons (Fsp3) is 0.455. The van der Waals surface area contributed by atoms with E-state index in [2.05, 4.69) is 20.9 Å². The molecule has 36 heavy (non-hydrogen) atoms. The molecule has 12 N–H and O–H groups in total. The Hall–Kier alpha value is -4.20. The molecule has 0 bridgehead atoms. The number of carboxylic acid groups (broad SMARTS) is 1. The molecule has 0 heterocycles. The maximum absolute atomic E-state index is 12.9. The molecule has 0 saturated heterocycles. The van der Waals surface area contributed by atoms with Gasteiger partial charge in [0.15, 0.2) is 5.96 Å². The van der Waals surface area contributed by atoms with Crippen LogP contribution in [0.4, 0.5) is 0 Å². The van der Waals surface area contributed by atoms with Gasteiger partial charge in [0.1, 0.15) is 12.1 Å². The number of aliphatic carboxylic acids is 1. The topological polar surface area (TPSA) is 258 Å². The van der Waals surface area contributed by atoms with E-state index in [9.17, 15) is 29.1 Å². The quantitative estimate of drug-likeness (QED) is 0.0646. The van der Waals surface area contributed by atoms with Crippen LogP contribution in [0.3, 0.4) is 0 Å². The van der Waals surface area contributed by atoms with Gasteiger partial charge in [0.05, 0.1) is 12.6 Å². The molecular weight excluding hydrogens is 472 g/mol. The van der Waals surface area contributed by atoms with E-state index in [0.717, 1.165) is 0 Å². The second-order valence-electron chi connectivity index (χ2n) is 7.99. The second-order valence-corrected chi connectivity index (χ2v) is 7.99. The number of primary amides is 1. The summed E-state index contributed by atoms with van der Waals surface area (Å²) >= 11 is 0. The molecule has 3 unspecified atom stereocenters. The Bertz CT molecular complexity index is 936. The van der Waals surface area contributed by atoms with E-state index in [1.54, 1.807) is 30.3 Å². The van der Waals surface area contributed by atoms with Crippen molar-refractivity contribution in [2.45, 2.75) is 50.2 Å². The van der Waals surface area contributed by atoms with Gasteiger partial charge in [-0.3, -0.25) is 24.2 Å². The summed E-state index contributed by atoms with van der Waals surface area (Å²) in [6, 6.07) is 5.33. The van der Waals surface area contributed by atoms with Crippen molar-refractivity contribution < 1.29 is 29.1 Å².